The van der Waals surface area contributed by atoms with Gasteiger partial charge in [-0.1, -0.05) is 10.3 Å². The van der Waals surface area contributed by atoms with Gasteiger partial charge in [0, 0.05) is 6.07 Å². The molecule has 1 aliphatic heterocycles. The first-order chi connectivity index (χ1) is 9.49. The zero-order valence-electron chi connectivity index (χ0n) is 10.2. The predicted molar refractivity (Wildman–Crippen MR) is 60.9 cm³/mol. The van der Waals surface area contributed by atoms with Gasteiger partial charge in [-0.15, -0.1) is 0 Å². The summed E-state index contributed by atoms with van der Waals surface area (Å²) < 4.78 is 31.4. The van der Waals surface area contributed by atoms with Crippen LogP contribution in [0.5, 0.6) is 0 Å². The second-order valence-corrected chi connectivity index (χ2v) is 4.30. The lowest BCUT2D eigenvalue weighted by atomic mass is 10.1. The molecule has 102 valence electrons. The molecule has 0 atom stereocenters. The zero-order valence-corrected chi connectivity index (χ0v) is 10.2. The Morgan fingerprint density at radius 3 is 2.65 bits per heavy atom. The minimum Gasteiger partial charge on any atom is -0.296 e. The zero-order chi connectivity index (χ0) is 14.4. The fourth-order valence-electron chi connectivity index (χ4n) is 2.05. The molecule has 0 saturated heterocycles. The Hall–Kier alpha value is -2.64. The molecule has 0 aliphatic carbocycles. The third kappa shape index (κ3) is 1.68. The van der Waals surface area contributed by atoms with Crippen molar-refractivity contribution in [3.63, 3.8) is 0 Å². The molecule has 8 heteroatoms. The van der Waals surface area contributed by atoms with E-state index in [9.17, 15) is 18.4 Å². The highest BCUT2D eigenvalue weighted by Crippen LogP contribution is 2.33. The number of nitrogens with zero attached hydrogens (tertiary/aromatic N) is 3. The van der Waals surface area contributed by atoms with Gasteiger partial charge in [0.15, 0.2) is 5.82 Å². The molecule has 6 nitrogen and oxygen atoms in total. The Morgan fingerprint density at radius 2 is 2.00 bits per heavy atom. The van der Waals surface area contributed by atoms with Gasteiger partial charge in [-0.05, 0) is 13.0 Å². The van der Waals surface area contributed by atoms with Gasteiger partial charge >= 0.3 is 0 Å². The minimum absolute atomic E-state index is 0.171. The number of anilines is 1. The number of amides is 1. The van der Waals surface area contributed by atoms with Gasteiger partial charge < -0.3 is 0 Å². The third-order valence-corrected chi connectivity index (χ3v) is 3.04. The molecule has 2 heterocycles. The number of hydrogen-bond acceptors (Lipinski definition) is 5. The summed E-state index contributed by atoms with van der Waals surface area (Å²) in [6.07, 6.45) is 0. The van der Waals surface area contributed by atoms with E-state index in [2.05, 4.69) is 14.9 Å². The van der Waals surface area contributed by atoms with Crippen molar-refractivity contribution in [1.82, 2.24) is 10.3 Å². The molecule has 0 bridgehead atoms. The molecule has 1 aliphatic rings. The van der Waals surface area contributed by atoms with E-state index in [1.165, 1.54) is 0 Å². The number of benzene rings is 1. The van der Waals surface area contributed by atoms with Crippen molar-refractivity contribution in [2.24, 2.45) is 0 Å². The highest BCUT2D eigenvalue weighted by molar-refractivity contribution is 6.52. The number of fused-ring (bicyclic) bond motifs is 1. The van der Waals surface area contributed by atoms with Crippen LogP contribution in [-0.4, -0.2) is 22.0 Å². The summed E-state index contributed by atoms with van der Waals surface area (Å²) in [6.45, 7) is 1.42. The van der Waals surface area contributed by atoms with Crippen molar-refractivity contribution < 1.29 is 23.0 Å². The minimum atomic E-state index is -0.978. The van der Waals surface area contributed by atoms with E-state index in [1.807, 2.05) is 0 Å². The fraction of sp³-hybridized carbons (Fsp3) is 0.167. The maximum atomic E-state index is 13.8. The van der Waals surface area contributed by atoms with Gasteiger partial charge in [0.05, 0.1) is 17.8 Å². The van der Waals surface area contributed by atoms with Crippen LogP contribution in [0.1, 0.15) is 21.7 Å². The number of Topliss-reactive ketones (excluding diaryl/α,β-unsaturated/α-hetero) is 1. The monoisotopic (exact) mass is 279 g/mol. The lowest BCUT2D eigenvalue weighted by Crippen LogP contribution is -2.30. The van der Waals surface area contributed by atoms with Gasteiger partial charge in [-0.25, -0.2) is 13.4 Å². The van der Waals surface area contributed by atoms with E-state index in [0.29, 0.717) is 17.5 Å². The van der Waals surface area contributed by atoms with Crippen LogP contribution in [0.2, 0.25) is 0 Å². The summed E-state index contributed by atoms with van der Waals surface area (Å²) in [6, 6.07) is 1.46. The SMILES string of the molecule is Cc1nonc1CN1C(=O)C(=O)c2cc(F)cc(F)c21. The average molecular weight is 279 g/mol. The van der Waals surface area contributed by atoms with E-state index >= 15 is 0 Å². The van der Waals surface area contributed by atoms with E-state index in [1.54, 1.807) is 6.92 Å². The Bertz CT molecular complexity index is 742. The summed E-state index contributed by atoms with van der Waals surface area (Å²) in [7, 11) is 0. The summed E-state index contributed by atoms with van der Waals surface area (Å²) in [5.74, 6) is -3.78. The van der Waals surface area contributed by atoms with Gasteiger partial charge in [-0.3, -0.25) is 14.5 Å². The topological polar surface area (TPSA) is 76.3 Å². The van der Waals surface area contributed by atoms with Crippen molar-refractivity contribution in [1.29, 1.82) is 0 Å². The molecule has 1 aromatic heterocycles. The molecule has 0 spiro atoms. The van der Waals surface area contributed by atoms with Crippen LogP contribution in [0, 0.1) is 18.6 Å². The number of aryl methyl sites for hydroxylation is 1. The molecule has 0 saturated carbocycles. The number of carbonyl (C=O) groups excluding carboxylic acids is 2. The van der Waals surface area contributed by atoms with Crippen molar-refractivity contribution >= 4 is 17.4 Å². The Morgan fingerprint density at radius 1 is 1.25 bits per heavy atom. The van der Waals surface area contributed by atoms with Crippen molar-refractivity contribution in [3.8, 4) is 0 Å². The molecular weight excluding hydrogens is 272 g/mol. The summed E-state index contributed by atoms with van der Waals surface area (Å²) in [5.41, 5.74) is 0.175. The van der Waals surface area contributed by atoms with Crippen LogP contribution in [0.25, 0.3) is 0 Å². The maximum Gasteiger partial charge on any atom is 0.299 e. The Labute approximate surface area is 110 Å². The first-order valence-corrected chi connectivity index (χ1v) is 5.62. The second kappa shape index (κ2) is 4.19. The van der Waals surface area contributed by atoms with E-state index in [0.717, 1.165) is 11.0 Å². The smallest absolute Gasteiger partial charge is 0.296 e. The Balaban J connectivity index is 2.09. The van der Waals surface area contributed by atoms with Crippen LogP contribution < -0.4 is 4.90 Å². The molecule has 0 N–H and O–H groups in total. The Kier molecular flexibility index (Phi) is 2.60. The molecule has 0 fully saturated rings. The normalized spacial score (nSPS) is 14.1. The lowest BCUT2D eigenvalue weighted by molar-refractivity contribution is -0.114. The van der Waals surface area contributed by atoms with Gasteiger partial charge in [0.25, 0.3) is 11.7 Å². The number of aromatic nitrogens is 2. The van der Waals surface area contributed by atoms with Crippen LogP contribution in [0.15, 0.2) is 16.8 Å². The largest absolute Gasteiger partial charge is 0.299 e. The van der Waals surface area contributed by atoms with Crippen LogP contribution >= 0.6 is 0 Å². The standard InChI is InChI=1S/C12H7F2N3O3/c1-5-9(16-20-15-5)4-17-10-7(11(18)12(17)19)2-6(13)3-8(10)14/h2-3H,4H2,1H3. The fourth-order valence-corrected chi connectivity index (χ4v) is 2.05. The maximum absolute atomic E-state index is 13.8. The average Bonchev–Trinajstić information content (AvgIpc) is 2.88. The van der Waals surface area contributed by atoms with Gasteiger partial charge in [0.1, 0.15) is 17.2 Å². The first kappa shape index (κ1) is 12.4. The predicted octanol–water partition coefficient (Wildman–Crippen LogP) is 1.39. The number of ketones is 1. The molecule has 2 aromatic rings. The van der Waals surface area contributed by atoms with Crippen LogP contribution in [0.3, 0.4) is 0 Å². The first-order valence-electron chi connectivity index (χ1n) is 5.62. The number of hydrogen-bond donors (Lipinski definition) is 0. The molecule has 1 amide bonds. The second-order valence-electron chi connectivity index (χ2n) is 4.30. The molecule has 0 radical (unpaired) electrons. The highest BCUT2D eigenvalue weighted by atomic mass is 19.1. The molecule has 1 aromatic carbocycles. The van der Waals surface area contributed by atoms with Crippen molar-refractivity contribution in [3.05, 3.63) is 40.7 Å². The summed E-state index contributed by atoms with van der Waals surface area (Å²) >= 11 is 0. The lowest BCUT2D eigenvalue weighted by Gasteiger charge is -2.15. The van der Waals surface area contributed by atoms with Gasteiger partial charge in [0.2, 0.25) is 0 Å². The van der Waals surface area contributed by atoms with E-state index in [4.69, 9.17) is 0 Å². The summed E-state index contributed by atoms with van der Waals surface area (Å²) in [5, 5.41) is 7.10. The highest BCUT2D eigenvalue weighted by Gasteiger charge is 2.39. The molecule has 20 heavy (non-hydrogen) atoms. The number of carbonyl (C=O) groups is 2. The molecular formula is C12H7F2N3O3. The quantitative estimate of drug-likeness (QED) is 0.776. The van der Waals surface area contributed by atoms with E-state index < -0.39 is 23.3 Å². The third-order valence-electron chi connectivity index (χ3n) is 3.04. The van der Waals surface area contributed by atoms with Crippen LogP contribution in [0.4, 0.5) is 14.5 Å². The summed E-state index contributed by atoms with van der Waals surface area (Å²) in [4.78, 5) is 24.5. The van der Waals surface area contributed by atoms with Crippen molar-refractivity contribution in [2.45, 2.75) is 13.5 Å². The molecule has 3 rings (SSSR count). The number of halogens is 2. The van der Waals surface area contributed by atoms with Crippen LogP contribution in [-0.2, 0) is 11.3 Å². The van der Waals surface area contributed by atoms with Gasteiger partial charge in [-0.2, -0.15) is 0 Å². The number of rotatable bonds is 2. The van der Waals surface area contributed by atoms with Crippen molar-refractivity contribution in [2.75, 3.05) is 4.90 Å². The van der Waals surface area contributed by atoms with E-state index in [-0.39, 0.29) is 17.8 Å². The molecule has 0 unspecified atom stereocenters.